The fourth-order valence-electron chi connectivity index (χ4n) is 9.21. The number of esters is 4. The molecule has 0 heterocycles. The van der Waals surface area contributed by atoms with Gasteiger partial charge in [0, 0.05) is 0 Å². The number of carboxylic acid groups (broad SMARTS) is 4. The van der Waals surface area contributed by atoms with Gasteiger partial charge in [-0.15, -0.1) is 0 Å². The molecule has 68 heavy (non-hydrogen) atoms. The standard InChI is InChI=1S/C14H20O6.C12H18O4.C10H12O8.C9H16O2.CO2/c1-9(15)13(10(2)16)5-7-14(8-6-13,11(17)19-3)12(18)20-4;1-8(13)12(9(2)14)6-4-10(5-7-12)11(15)16-3;11-5(12)9(6(13)14)1-2-10(4-3-9,7(15)16)8(17)18;1-7-3-5-8(6-4-7)9(10)11-2;2-1-3/h5-8H2,1-4H3;10H,4-7H2,1-3H3;1-4H2,(H,11,12)(H,13,14)(H,15,16)(H,17,18);7-8H,3-6H2,1-2H3;. The third-order valence-corrected chi connectivity index (χ3v) is 14.3. The van der Waals surface area contributed by atoms with Crippen molar-refractivity contribution in [1.82, 2.24) is 0 Å². The topological polar surface area (TPSA) is 357 Å². The van der Waals surface area contributed by atoms with Crippen LogP contribution in [0.4, 0.5) is 0 Å². The van der Waals surface area contributed by atoms with E-state index in [9.17, 15) is 57.5 Å². The molecule has 0 aromatic carbocycles. The number of ketones is 4. The molecule has 0 aromatic heterocycles. The zero-order valence-electron chi connectivity index (χ0n) is 40.2. The summed E-state index contributed by atoms with van der Waals surface area (Å²) in [6.45, 7) is 7.89. The lowest BCUT2D eigenvalue weighted by Gasteiger charge is -2.40. The predicted molar refractivity (Wildman–Crippen MR) is 229 cm³/mol. The van der Waals surface area contributed by atoms with Crippen LogP contribution >= 0.6 is 0 Å². The summed E-state index contributed by atoms with van der Waals surface area (Å²) in [4.78, 5) is 153. The lowest BCUT2D eigenvalue weighted by atomic mass is 9.60. The van der Waals surface area contributed by atoms with Crippen LogP contribution in [0.2, 0.25) is 0 Å². The number of hydrogen-bond donors (Lipinski definition) is 4. The largest absolute Gasteiger partial charge is 0.480 e. The Hall–Kier alpha value is -6.18. The first-order chi connectivity index (χ1) is 31.5. The van der Waals surface area contributed by atoms with Crippen molar-refractivity contribution in [2.24, 2.45) is 44.8 Å². The van der Waals surface area contributed by atoms with Crippen LogP contribution in [-0.2, 0) is 86.1 Å². The summed E-state index contributed by atoms with van der Waals surface area (Å²) in [5.41, 5.74) is -7.52. The fourth-order valence-corrected chi connectivity index (χ4v) is 9.21. The summed E-state index contributed by atoms with van der Waals surface area (Å²) in [6.07, 6.45) is 5.10. The lowest BCUT2D eigenvalue weighted by molar-refractivity contribution is -0.192. The Balaban J connectivity index is 0.000000876. The van der Waals surface area contributed by atoms with Gasteiger partial charge in [0.15, 0.2) is 16.2 Å². The zero-order valence-corrected chi connectivity index (χ0v) is 40.2. The Morgan fingerprint density at radius 3 is 0.853 bits per heavy atom. The molecule has 4 aliphatic rings. The van der Waals surface area contributed by atoms with Crippen LogP contribution in [0.5, 0.6) is 0 Å². The average molecular weight is 971 g/mol. The summed E-state index contributed by atoms with van der Waals surface area (Å²) in [7, 11) is 5.23. The van der Waals surface area contributed by atoms with E-state index in [0.717, 1.165) is 18.8 Å². The number of methoxy groups -OCH3 is 4. The number of Topliss-reactive ketones (excluding diaryl/α,β-unsaturated/α-hetero) is 4. The number of carbonyl (C=O) groups is 12. The minimum atomic E-state index is -2.09. The first kappa shape index (κ1) is 61.8. The first-order valence-electron chi connectivity index (χ1n) is 21.8. The highest BCUT2D eigenvalue weighted by atomic mass is 16.5. The fraction of sp³-hybridized carbons (Fsp3) is 0.717. The average Bonchev–Trinajstić information content (AvgIpc) is 3.30. The van der Waals surface area contributed by atoms with E-state index < -0.39 is 88.6 Å². The number of ether oxygens (including phenoxy) is 4. The monoisotopic (exact) mass is 970 g/mol. The molecule has 0 atom stereocenters. The van der Waals surface area contributed by atoms with Crippen LogP contribution in [0.15, 0.2) is 0 Å². The van der Waals surface area contributed by atoms with Crippen LogP contribution in [-0.4, -0.2) is 126 Å². The Morgan fingerprint density at radius 1 is 0.382 bits per heavy atom. The van der Waals surface area contributed by atoms with Gasteiger partial charge < -0.3 is 39.4 Å². The molecule has 0 unspecified atom stereocenters. The number of carboxylic acids is 4. The predicted octanol–water partition coefficient (Wildman–Crippen LogP) is 3.85. The molecule has 22 heteroatoms. The molecule has 0 aliphatic heterocycles. The Bertz CT molecular complexity index is 1780. The molecular formula is C46H66O22. The molecule has 382 valence electrons. The van der Waals surface area contributed by atoms with Crippen molar-refractivity contribution in [3.05, 3.63) is 0 Å². The Labute approximate surface area is 393 Å². The van der Waals surface area contributed by atoms with Crippen LogP contribution < -0.4 is 0 Å². The highest BCUT2D eigenvalue weighted by Crippen LogP contribution is 2.49. The summed E-state index contributed by atoms with van der Waals surface area (Å²) in [5.74, 6) is -7.66. The highest BCUT2D eigenvalue weighted by molar-refractivity contribution is 6.07. The van der Waals surface area contributed by atoms with E-state index in [0.29, 0.717) is 25.7 Å². The van der Waals surface area contributed by atoms with Gasteiger partial charge in [0.1, 0.15) is 23.1 Å². The molecule has 22 nitrogen and oxygen atoms in total. The van der Waals surface area contributed by atoms with Gasteiger partial charge >= 0.3 is 53.9 Å². The number of aliphatic carboxylic acids is 4. The van der Waals surface area contributed by atoms with E-state index in [1.165, 1.54) is 69.0 Å². The molecule has 4 N–H and O–H groups in total. The van der Waals surface area contributed by atoms with Crippen LogP contribution in [0.3, 0.4) is 0 Å². The quantitative estimate of drug-likeness (QED) is 0.123. The molecule has 4 fully saturated rings. The van der Waals surface area contributed by atoms with Crippen LogP contribution in [0.1, 0.15) is 137 Å². The molecule has 0 saturated heterocycles. The van der Waals surface area contributed by atoms with E-state index in [1.807, 2.05) is 0 Å². The Kier molecular flexibility index (Phi) is 24.5. The molecule has 4 rings (SSSR count). The summed E-state index contributed by atoms with van der Waals surface area (Å²) >= 11 is 0. The van der Waals surface area contributed by atoms with Gasteiger partial charge in [0.05, 0.1) is 51.1 Å². The van der Waals surface area contributed by atoms with Gasteiger partial charge in [0.25, 0.3) is 0 Å². The van der Waals surface area contributed by atoms with Gasteiger partial charge in [-0.1, -0.05) is 6.92 Å². The molecule has 0 aromatic rings. The maximum Gasteiger partial charge on any atom is 0.373 e. The number of carbonyl (C=O) groups excluding carboxylic acids is 10. The Morgan fingerprint density at radius 2 is 0.618 bits per heavy atom. The second-order valence-corrected chi connectivity index (χ2v) is 17.7. The van der Waals surface area contributed by atoms with Crippen molar-refractivity contribution >= 4 is 77.0 Å². The molecule has 4 aliphatic carbocycles. The van der Waals surface area contributed by atoms with Crippen LogP contribution in [0, 0.1) is 44.8 Å². The van der Waals surface area contributed by atoms with Crippen molar-refractivity contribution in [2.45, 2.75) is 137 Å². The van der Waals surface area contributed by atoms with Gasteiger partial charge in [-0.25, -0.2) is 0 Å². The van der Waals surface area contributed by atoms with Gasteiger partial charge in [-0.3, -0.25) is 57.5 Å². The van der Waals surface area contributed by atoms with Crippen molar-refractivity contribution in [1.29, 1.82) is 0 Å². The van der Waals surface area contributed by atoms with Crippen molar-refractivity contribution in [2.75, 3.05) is 28.4 Å². The summed E-state index contributed by atoms with van der Waals surface area (Å²) in [6, 6.07) is 0. The first-order valence-corrected chi connectivity index (χ1v) is 21.8. The molecule has 0 spiro atoms. The number of hydrogen-bond acceptors (Lipinski definition) is 18. The summed E-state index contributed by atoms with van der Waals surface area (Å²) in [5, 5.41) is 35.7. The van der Waals surface area contributed by atoms with Crippen LogP contribution in [0.25, 0.3) is 0 Å². The maximum absolute atomic E-state index is 11.9. The van der Waals surface area contributed by atoms with Crippen molar-refractivity contribution in [3.63, 3.8) is 0 Å². The van der Waals surface area contributed by atoms with Crippen molar-refractivity contribution in [3.8, 4) is 0 Å². The van der Waals surface area contributed by atoms with E-state index >= 15 is 0 Å². The molecule has 4 saturated carbocycles. The molecule has 0 amide bonds. The third kappa shape index (κ3) is 14.4. The minimum absolute atomic E-state index is 0.0168. The van der Waals surface area contributed by atoms with E-state index in [2.05, 4.69) is 16.4 Å². The van der Waals surface area contributed by atoms with E-state index in [-0.39, 0.29) is 78.7 Å². The van der Waals surface area contributed by atoms with E-state index in [4.69, 9.17) is 39.5 Å². The SMILES string of the molecule is COC(=O)C1(C(=O)OC)CCC(C(C)=O)(C(C)=O)CC1.COC(=O)C1CCC(C(C)=O)(C(C)=O)CC1.COC(=O)C1CCC(C)CC1.O=C(O)C1(C(=O)O)CCC(C(=O)O)(C(=O)O)CC1.O=C=O. The number of rotatable bonds is 12. The minimum Gasteiger partial charge on any atom is -0.480 e. The van der Waals surface area contributed by atoms with Gasteiger partial charge in [-0.05, 0) is 136 Å². The molecule has 0 bridgehead atoms. The lowest BCUT2D eigenvalue weighted by Crippen LogP contribution is -2.50. The van der Waals surface area contributed by atoms with E-state index in [1.54, 1.807) is 0 Å². The maximum atomic E-state index is 11.9. The second kappa shape index (κ2) is 27.0. The normalized spacial score (nSPS) is 21.3. The van der Waals surface area contributed by atoms with Gasteiger partial charge in [0.2, 0.25) is 0 Å². The zero-order chi connectivity index (χ0) is 53.0. The molecule has 0 radical (unpaired) electrons. The molecular weight excluding hydrogens is 904 g/mol. The second-order valence-electron chi connectivity index (χ2n) is 17.7. The van der Waals surface area contributed by atoms with Gasteiger partial charge in [-0.2, -0.15) is 9.59 Å². The highest BCUT2D eigenvalue weighted by Gasteiger charge is 2.59. The summed E-state index contributed by atoms with van der Waals surface area (Å²) < 4.78 is 18.7. The van der Waals surface area contributed by atoms with Crippen molar-refractivity contribution < 1.29 is 106 Å². The third-order valence-electron chi connectivity index (χ3n) is 14.3. The smallest absolute Gasteiger partial charge is 0.373 e.